The van der Waals surface area contributed by atoms with Crippen LogP contribution in [0, 0.1) is 0 Å². The van der Waals surface area contributed by atoms with Crippen molar-refractivity contribution in [3.05, 3.63) is 35.9 Å². The zero-order chi connectivity index (χ0) is 12.8. The van der Waals surface area contributed by atoms with Crippen LogP contribution in [0.25, 0.3) is 0 Å². The predicted octanol–water partition coefficient (Wildman–Crippen LogP) is 1.36. The van der Waals surface area contributed by atoms with Gasteiger partial charge in [0, 0.05) is 56.8 Å². The van der Waals surface area contributed by atoms with E-state index in [1.54, 1.807) is 0 Å². The fourth-order valence-electron chi connectivity index (χ4n) is 1.94. The van der Waals surface area contributed by atoms with E-state index in [-0.39, 0.29) is 0 Å². The number of aromatic nitrogens is 4. The molecule has 0 saturated heterocycles. The third-order valence-electron chi connectivity index (χ3n) is 2.95. The van der Waals surface area contributed by atoms with Crippen molar-refractivity contribution in [3.63, 3.8) is 0 Å². The predicted molar refractivity (Wildman–Crippen MR) is 71.1 cm³/mol. The number of aryl methyl sites for hydroxylation is 2. The highest BCUT2D eigenvalue weighted by Crippen LogP contribution is 1.99. The monoisotopic (exact) mass is 247 g/mol. The first-order valence-corrected chi connectivity index (χ1v) is 6.48. The van der Waals surface area contributed by atoms with Gasteiger partial charge in [-0.25, -0.2) is 0 Å². The molecular weight excluding hydrogens is 226 g/mol. The molecule has 0 aromatic carbocycles. The summed E-state index contributed by atoms with van der Waals surface area (Å²) >= 11 is 0. The van der Waals surface area contributed by atoms with E-state index in [0.29, 0.717) is 0 Å². The average Bonchev–Trinajstić information content (AvgIpc) is 2.95. The summed E-state index contributed by atoms with van der Waals surface area (Å²) in [6.45, 7) is 4.99. The molecule has 2 heterocycles. The van der Waals surface area contributed by atoms with Crippen LogP contribution in [0.2, 0.25) is 0 Å². The Morgan fingerprint density at radius 2 is 2.22 bits per heavy atom. The molecule has 0 aliphatic rings. The molecule has 0 unspecified atom stereocenters. The molecule has 0 fully saturated rings. The molecule has 5 nitrogen and oxygen atoms in total. The van der Waals surface area contributed by atoms with Gasteiger partial charge in [0.05, 0.1) is 6.20 Å². The maximum Gasteiger partial charge on any atom is 0.0534 e. The number of rotatable bonds is 7. The summed E-state index contributed by atoms with van der Waals surface area (Å²) in [4.78, 5) is 0. The van der Waals surface area contributed by atoms with Crippen molar-refractivity contribution < 1.29 is 0 Å². The van der Waals surface area contributed by atoms with Crippen molar-refractivity contribution in [1.29, 1.82) is 0 Å². The number of hydrogen-bond donors (Lipinski definition) is 1. The topological polar surface area (TPSA) is 47.7 Å². The standard InChI is InChI=1S/C13H21N5/c1-3-8-18-11-12(10-16-18)9-14-6-4-13-5-7-15-17(13)2/h5,7,10-11,14H,3-4,6,8-9H2,1-2H3. The molecule has 2 aromatic heterocycles. The van der Waals surface area contributed by atoms with Crippen LogP contribution in [0.5, 0.6) is 0 Å². The fraction of sp³-hybridized carbons (Fsp3) is 0.538. The van der Waals surface area contributed by atoms with E-state index in [1.807, 2.05) is 28.8 Å². The molecule has 0 spiro atoms. The molecule has 0 radical (unpaired) electrons. The van der Waals surface area contributed by atoms with Crippen molar-refractivity contribution in [1.82, 2.24) is 24.9 Å². The van der Waals surface area contributed by atoms with Gasteiger partial charge in [-0.3, -0.25) is 9.36 Å². The van der Waals surface area contributed by atoms with E-state index >= 15 is 0 Å². The fourth-order valence-corrected chi connectivity index (χ4v) is 1.94. The molecule has 5 heteroatoms. The molecule has 18 heavy (non-hydrogen) atoms. The molecule has 0 saturated carbocycles. The zero-order valence-electron chi connectivity index (χ0n) is 11.1. The van der Waals surface area contributed by atoms with Gasteiger partial charge in [0.2, 0.25) is 0 Å². The van der Waals surface area contributed by atoms with Crippen molar-refractivity contribution in [2.75, 3.05) is 6.54 Å². The highest BCUT2D eigenvalue weighted by molar-refractivity contribution is 5.04. The SMILES string of the molecule is CCCn1cc(CNCCc2ccnn2C)cn1. The molecular formula is C13H21N5. The minimum atomic E-state index is 0.877. The molecule has 2 aromatic rings. The van der Waals surface area contributed by atoms with Crippen LogP contribution in [-0.2, 0) is 26.6 Å². The van der Waals surface area contributed by atoms with E-state index in [2.05, 4.69) is 34.7 Å². The Hall–Kier alpha value is -1.62. The molecule has 0 amide bonds. The van der Waals surface area contributed by atoms with Gasteiger partial charge in [-0.15, -0.1) is 0 Å². The Labute approximate surface area is 108 Å². The first-order valence-electron chi connectivity index (χ1n) is 6.48. The minimum Gasteiger partial charge on any atom is -0.312 e. The maximum absolute atomic E-state index is 4.31. The molecule has 98 valence electrons. The molecule has 1 N–H and O–H groups in total. The van der Waals surface area contributed by atoms with Crippen LogP contribution >= 0.6 is 0 Å². The first-order chi connectivity index (χ1) is 8.79. The van der Waals surface area contributed by atoms with E-state index < -0.39 is 0 Å². The van der Waals surface area contributed by atoms with Gasteiger partial charge in [0.15, 0.2) is 0 Å². The van der Waals surface area contributed by atoms with Crippen LogP contribution in [0.4, 0.5) is 0 Å². The van der Waals surface area contributed by atoms with E-state index in [9.17, 15) is 0 Å². The van der Waals surface area contributed by atoms with E-state index in [0.717, 1.165) is 32.5 Å². The second-order valence-electron chi connectivity index (χ2n) is 4.48. The van der Waals surface area contributed by atoms with Crippen molar-refractivity contribution in [2.24, 2.45) is 7.05 Å². The van der Waals surface area contributed by atoms with Crippen LogP contribution in [-0.4, -0.2) is 26.1 Å². The summed E-state index contributed by atoms with van der Waals surface area (Å²) < 4.78 is 3.92. The lowest BCUT2D eigenvalue weighted by molar-refractivity contribution is 0.600. The summed E-state index contributed by atoms with van der Waals surface area (Å²) in [5.74, 6) is 0. The van der Waals surface area contributed by atoms with Gasteiger partial charge in [-0.05, 0) is 12.5 Å². The average molecular weight is 247 g/mol. The van der Waals surface area contributed by atoms with E-state index in [4.69, 9.17) is 0 Å². The Morgan fingerprint density at radius 3 is 2.94 bits per heavy atom. The van der Waals surface area contributed by atoms with Gasteiger partial charge < -0.3 is 5.32 Å². The normalized spacial score (nSPS) is 11.0. The van der Waals surface area contributed by atoms with Crippen molar-refractivity contribution >= 4 is 0 Å². The zero-order valence-corrected chi connectivity index (χ0v) is 11.1. The summed E-state index contributed by atoms with van der Waals surface area (Å²) in [5, 5.41) is 11.9. The number of nitrogens with zero attached hydrogens (tertiary/aromatic N) is 4. The molecule has 0 aliphatic heterocycles. The van der Waals surface area contributed by atoms with Gasteiger partial charge in [0.25, 0.3) is 0 Å². The smallest absolute Gasteiger partial charge is 0.0534 e. The second-order valence-corrected chi connectivity index (χ2v) is 4.48. The third-order valence-corrected chi connectivity index (χ3v) is 2.95. The van der Waals surface area contributed by atoms with Crippen molar-refractivity contribution in [3.8, 4) is 0 Å². The van der Waals surface area contributed by atoms with Crippen LogP contribution in [0.3, 0.4) is 0 Å². The van der Waals surface area contributed by atoms with Crippen LogP contribution < -0.4 is 5.32 Å². The summed E-state index contributed by atoms with van der Waals surface area (Å²) in [6, 6.07) is 2.06. The lowest BCUT2D eigenvalue weighted by Crippen LogP contribution is -2.17. The Kier molecular flexibility index (Phi) is 4.52. The summed E-state index contributed by atoms with van der Waals surface area (Å²) in [6.07, 6.45) is 8.01. The van der Waals surface area contributed by atoms with Gasteiger partial charge >= 0.3 is 0 Å². The maximum atomic E-state index is 4.31. The third kappa shape index (κ3) is 3.43. The van der Waals surface area contributed by atoms with E-state index in [1.165, 1.54) is 11.3 Å². The highest BCUT2D eigenvalue weighted by Gasteiger charge is 2.00. The number of hydrogen-bond acceptors (Lipinski definition) is 3. The summed E-state index contributed by atoms with van der Waals surface area (Å²) in [5.41, 5.74) is 2.50. The van der Waals surface area contributed by atoms with Gasteiger partial charge in [-0.2, -0.15) is 10.2 Å². The van der Waals surface area contributed by atoms with Crippen LogP contribution in [0.15, 0.2) is 24.7 Å². The van der Waals surface area contributed by atoms with Crippen molar-refractivity contribution in [2.45, 2.75) is 32.9 Å². The van der Waals surface area contributed by atoms with Gasteiger partial charge in [0.1, 0.15) is 0 Å². The molecule has 0 aliphatic carbocycles. The Morgan fingerprint density at radius 1 is 1.33 bits per heavy atom. The number of nitrogens with one attached hydrogen (secondary N) is 1. The Balaban J connectivity index is 1.70. The lowest BCUT2D eigenvalue weighted by atomic mass is 10.3. The van der Waals surface area contributed by atoms with Crippen LogP contribution in [0.1, 0.15) is 24.6 Å². The second kappa shape index (κ2) is 6.35. The molecule has 0 atom stereocenters. The Bertz CT molecular complexity index is 471. The highest BCUT2D eigenvalue weighted by atomic mass is 15.3. The molecule has 0 bridgehead atoms. The minimum absolute atomic E-state index is 0.877. The molecule has 2 rings (SSSR count). The largest absolute Gasteiger partial charge is 0.312 e. The van der Waals surface area contributed by atoms with Gasteiger partial charge in [-0.1, -0.05) is 6.92 Å². The first kappa shape index (κ1) is 12.8. The quantitative estimate of drug-likeness (QED) is 0.752. The lowest BCUT2D eigenvalue weighted by Gasteiger charge is -2.03. The summed E-state index contributed by atoms with van der Waals surface area (Å²) in [7, 11) is 1.98.